The van der Waals surface area contributed by atoms with Crippen LogP contribution in [-0.2, 0) is 11.2 Å². The van der Waals surface area contributed by atoms with E-state index in [2.05, 4.69) is 36.5 Å². The zero-order valence-electron chi connectivity index (χ0n) is 8.42. The molecule has 1 saturated heterocycles. The molecule has 1 heterocycles. The maximum Gasteiger partial charge on any atom is 0.220 e. The van der Waals surface area contributed by atoms with Crippen LogP contribution in [-0.4, -0.2) is 11.9 Å². The highest BCUT2D eigenvalue weighted by molar-refractivity contribution is 5.78. The number of rotatable bonds is 2. The number of nitrogens with one attached hydrogen (secondary N) is 1. The average molecular weight is 189 g/mol. The zero-order chi connectivity index (χ0) is 9.97. The minimum absolute atomic E-state index is 0.196. The van der Waals surface area contributed by atoms with Gasteiger partial charge in [0.1, 0.15) is 0 Å². The fourth-order valence-electron chi connectivity index (χ4n) is 1.84. The molecule has 2 rings (SSSR count). The molecule has 74 valence electrons. The number of amides is 1. The highest BCUT2D eigenvalue weighted by atomic mass is 16.1. The average Bonchev–Trinajstić information content (AvgIpc) is 2.56. The monoisotopic (exact) mass is 189 g/mol. The second-order valence-corrected chi connectivity index (χ2v) is 3.99. The third kappa shape index (κ3) is 2.13. The first-order chi connectivity index (χ1) is 6.74. The maximum atomic E-state index is 11.0. The summed E-state index contributed by atoms with van der Waals surface area (Å²) in [6.45, 7) is 2.08. The van der Waals surface area contributed by atoms with Crippen molar-refractivity contribution < 1.29 is 4.79 Å². The molecule has 0 bridgehead atoms. The number of benzene rings is 1. The number of hydrogen-bond donors (Lipinski definition) is 1. The first-order valence-electron chi connectivity index (χ1n) is 5.09. The van der Waals surface area contributed by atoms with Crippen LogP contribution in [0.15, 0.2) is 24.3 Å². The van der Waals surface area contributed by atoms with Gasteiger partial charge in [-0.1, -0.05) is 29.8 Å². The van der Waals surface area contributed by atoms with Crippen molar-refractivity contribution in [1.82, 2.24) is 5.32 Å². The van der Waals surface area contributed by atoms with Gasteiger partial charge in [0, 0.05) is 12.5 Å². The van der Waals surface area contributed by atoms with Crippen LogP contribution in [0.3, 0.4) is 0 Å². The SMILES string of the molecule is Cc1ccc(CC2CCC(=O)N2)cc1. The van der Waals surface area contributed by atoms with E-state index in [-0.39, 0.29) is 5.91 Å². The van der Waals surface area contributed by atoms with Crippen LogP contribution in [0.1, 0.15) is 24.0 Å². The van der Waals surface area contributed by atoms with Crippen LogP contribution in [0.2, 0.25) is 0 Å². The van der Waals surface area contributed by atoms with Gasteiger partial charge in [-0.2, -0.15) is 0 Å². The second kappa shape index (κ2) is 3.82. The largest absolute Gasteiger partial charge is 0.353 e. The fraction of sp³-hybridized carbons (Fsp3) is 0.417. The zero-order valence-corrected chi connectivity index (χ0v) is 8.42. The van der Waals surface area contributed by atoms with Crippen molar-refractivity contribution in [1.29, 1.82) is 0 Å². The molecule has 1 aromatic carbocycles. The van der Waals surface area contributed by atoms with Crippen LogP contribution in [0.25, 0.3) is 0 Å². The third-order valence-corrected chi connectivity index (χ3v) is 2.69. The number of hydrogen-bond acceptors (Lipinski definition) is 1. The van der Waals surface area contributed by atoms with E-state index in [9.17, 15) is 4.79 Å². The van der Waals surface area contributed by atoms with Crippen LogP contribution in [0, 0.1) is 6.92 Å². The Morgan fingerprint density at radius 3 is 2.64 bits per heavy atom. The molecule has 1 aliphatic rings. The lowest BCUT2D eigenvalue weighted by atomic mass is 10.0. The van der Waals surface area contributed by atoms with Gasteiger partial charge in [-0.3, -0.25) is 4.79 Å². The van der Waals surface area contributed by atoms with Crippen molar-refractivity contribution >= 4 is 5.91 Å². The summed E-state index contributed by atoms with van der Waals surface area (Å²) >= 11 is 0. The smallest absolute Gasteiger partial charge is 0.220 e. The lowest BCUT2D eigenvalue weighted by molar-refractivity contribution is -0.119. The van der Waals surface area contributed by atoms with Gasteiger partial charge in [-0.25, -0.2) is 0 Å². The molecule has 1 amide bonds. The Bertz CT molecular complexity index is 329. The number of aryl methyl sites for hydroxylation is 1. The Morgan fingerprint density at radius 1 is 1.36 bits per heavy atom. The normalized spacial score (nSPS) is 20.9. The van der Waals surface area contributed by atoms with E-state index >= 15 is 0 Å². The minimum Gasteiger partial charge on any atom is -0.353 e. The maximum absolute atomic E-state index is 11.0. The quantitative estimate of drug-likeness (QED) is 0.755. The minimum atomic E-state index is 0.196. The fourth-order valence-corrected chi connectivity index (χ4v) is 1.84. The van der Waals surface area contributed by atoms with Crippen molar-refractivity contribution in [2.24, 2.45) is 0 Å². The van der Waals surface area contributed by atoms with Gasteiger partial charge in [-0.05, 0) is 25.3 Å². The Morgan fingerprint density at radius 2 is 2.07 bits per heavy atom. The molecular formula is C12H15NO. The topological polar surface area (TPSA) is 29.1 Å². The molecule has 0 radical (unpaired) electrons. The molecule has 2 nitrogen and oxygen atoms in total. The summed E-state index contributed by atoms with van der Waals surface area (Å²) in [6, 6.07) is 8.86. The highest BCUT2D eigenvalue weighted by Crippen LogP contribution is 2.13. The Kier molecular flexibility index (Phi) is 2.53. The molecule has 1 atom stereocenters. The van der Waals surface area contributed by atoms with Gasteiger partial charge in [0.05, 0.1) is 0 Å². The summed E-state index contributed by atoms with van der Waals surface area (Å²) < 4.78 is 0. The summed E-state index contributed by atoms with van der Waals surface area (Å²) in [5, 5.41) is 2.98. The second-order valence-electron chi connectivity index (χ2n) is 3.99. The van der Waals surface area contributed by atoms with Gasteiger partial charge in [0.2, 0.25) is 5.91 Å². The number of carbonyl (C=O) groups is 1. The van der Waals surface area contributed by atoms with Crippen molar-refractivity contribution in [3.63, 3.8) is 0 Å². The predicted octanol–water partition coefficient (Wildman–Crippen LogP) is 1.82. The van der Waals surface area contributed by atoms with E-state index in [0.717, 1.165) is 12.8 Å². The van der Waals surface area contributed by atoms with Crippen LogP contribution >= 0.6 is 0 Å². The van der Waals surface area contributed by atoms with E-state index in [1.165, 1.54) is 11.1 Å². The van der Waals surface area contributed by atoms with Crippen molar-refractivity contribution in [2.75, 3.05) is 0 Å². The molecule has 2 heteroatoms. The van der Waals surface area contributed by atoms with Crippen LogP contribution < -0.4 is 5.32 Å². The summed E-state index contributed by atoms with van der Waals surface area (Å²) in [7, 11) is 0. The van der Waals surface area contributed by atoms with Gasteiger partial charge in [0.25, 0.3) is 0 Å². The standard InChI is InChI=1S/C12H15NO/c1-9-2-4-10(5-3-9)8-11-6-7-12(14)13-11/h2-5,11H,6-8H2,1H3,(H,13,14). The molecular weight excluding hydrogens is 174 g/mol. The van der Waals surface area contributed by atoms with Gasteiger partial charge >= 0.3 is 0 Å². The van der Waals surface area contributed by atoms with E-state index in [0.29, 0.717) is 12.5 Å². The summed E-state index contributed by atoms with van der Waals surface area (Å²) in [4.78, 5) is 11.0. The van der Waals surface area contributed by atoms with Crippen LogP contribution in [0.4, 0.5) is 0 Å². The molecule has 0 spiro atoms. The Balaban J connectivity index is 1.97. The molecule has 14 heavy (non-hydrogen) atoms. The predicted molar refractivity (Wildman–Crippen MR) is 56.0 cm³/mol. The molecule has 1 unspecified atom stereocenters. The van der Waals surface area contributed by atoms with E-state index in [4.69, 9.17) is 0 Å². The van der Waals surface area contributed by atoms with E-state index in [1.807, 2.05) is 0 Å². The molecule has 0 aromatic heterocycles. The highest BCUT2D eigenvalue weighted by Gasteiger charge is 2.20. The summed E-state index contributed by atoms with van der Waals surface area (Å²) in [6.07, 6.45) is 2.63. The van der Waals surface area contributed by atoms with Crippen LogP contribution in [0.5, 0.6) is 0 Å². The van der Waals surface area contributed by atoms with Crippen molar-refractivity contribution in [3.8, 4) is 0 Å². The molecule has 1 aromatic rings. The third-order valence-electron chi connectivity index (χ3n) is 2.69. The summed E-state index contributed by atoms with van der Waals surface area (Å²) in [5.74, 6) is 0.196. The summed E-state index contributed by atoms with van der Waals surface area (Å²) in [5.41, 5.74) is 2.59. The first-order valence-corrected chi connectivity index (χ1v) is 5.09. The molecule has 0 aliphatic carbocycles. The van der Waals surface area contributed by atoms with E-state index < -0.39 is 0 Å². The van der Waals surface area contributed by atoms with E-state index in [1.54, 1.807) is 0 Å². The Hall–Kier alpha value is -1.31. The lowest BCUT2D eigenvalue weighted by Crippen LogP contribution is -2.27. The van der Waals surface area contributed by atoms with Gasteiger partial charge in [-0.15, -0.1) is 0 Å². The van der Waals surface area contributed by atoms with Gasteiger partial charge < -0.3 is 5.32 Å². The van der Waals surface area contributed by atoms with Crippen molar-refractivity contribution in [3.05, 3.63) is 35.4 Å². The van der Waals surface area contributed by atoms with Gasteiger partial charge in [0.15, 0.2) is 0 Å². The number of carbonyl (C=O) groups excluding carboxylic acids is 1. The first kappa shape index (κ1) is 9.25. The molecule has 1 fully saturated rings. The lowest BCUT2D eigenvalue weighted by Gasteiger charge is -2.09. The molecule has 1 aliphatic heterocycles. The molecule has 0 saturated carbocycles. The molecule has 1 N–H and O–H groups in total. The Labute approximate surface area is 84.3 Å². The van der Waals surface area contributed by atoms with Crippen molar-refractivity contribution in [2.45, 2.75) is 32.2 Å².